The summed E-state index contributed by atoms with van der Waals surface area (Å²) in [5.41, 5.74) is -2.21. The molecule has 1 unspecified atom stereocenters. The Balaban J connectivity index is 2.07. The van der Waals surface area contributed by atoms with E-state index in [0.29, 0.717) is 25.8 Å². The van der Waals surface area contributed by atoms with Crippen molar-refractivity contribution in [2.75, 3.05) is 6.54 Å². The smallest absolute Gasteiger partial charge is 0.408 e. The van der Waals surface area contributed by atoms with Crippen LogP contribution in [-0.2, 0) is 30.9 Å². The summed E-state index contributed by atoms with van der Waals surface area (Å²) in [6.07, 6.45) is 0.685. The van der Waals surface area contributed by atoms with Gasteiger partial charge in [0.1, 0.15) is 21.8 Å². The van der Waals surface area contributed by atoms with Gasteiger partial charge in [-0.2, -0.15) is 0 Å². The van der Waals surface area contributed by atoms with Crippen LogP contribution in [0.5, 0.6) is 0 Å². The SMILES string of the molecule is CC(C)C[C@H](NC(=O)OC(C)(C)CCc1ccccc1)C(=O)N[C@@H](C[C@@H]1CCNC1=O)C(O)S(=O)(=O)[O-]. The molecule has 0 bridgehead atoms. The first kappa shape index (κ1) is 30.5. The molecule has 0 aromatic heterocycles. The summed E-state index contributed by atoms with van der Waals surface area (Å²) in [6.45, 7) is 7.53. The number of carbonyl (C=O) groups is 3. The van der Waals surface area contributed by atoms with E-state index in [1.54, 1.807) is 13.8 Å². The number of alkyl carbamates (subject to hydrolysis) is 1. The molecule has 0 radical (unpaired) electrons. The van der Waals surface area contributed by atoms with Gasteiger partial charge in [-0.15, -0.1) is 0 Å². The van der Waals surface area contributed by atoms with Crippen LogP contribution in [0.25, 0.3) is 0 Å². The third-order valence-electron chi connectivity index (χ3n) is 6.21. The van der Waals surface area contributed by atoms with Crippen molar-refractivity contribution in [2.24, 2.45) is 11.8 Å². The molecule has 2 rings (SSSR count). The molecule has 11 nitrogen and oxygen atoms in total. The number of amides is 3. The summed E-state index contributed by atoms with van der Waals surface area (Å²) in [6, 6.07) is 7.05. The Hall–Kier alpha value is -2.70. The molecule has 1 saturated heterocycles. The van der Waals surface area contributed by atoms with Crippen LogP contribution in [0, 0.1) is 11.8 Å². The van der Waals surface area contributed by atoms with Crippen LogP contribution < -0.4 is 16.0 Å². The fourth-order valence-corrected chi connectivity index (χ4v) is 4.76. The van der Waals surface area contributed by atoms with Crippen molar-refractivity contribution in [3.8, 4) is 0 Å². The second-order valence-corrected chi connectivity index (χ2v) is 11.9. The molecule has 208 valence electrons. The van der Waals surface area contributed by atoms with Crippen molar-refractivity contribution >= 4 is 28.0 Å². The maximum atomic E-state index is 13.1. The van der Waals surface area contributed by atoms with Gasteiger partial charge in [-0.3, -0.25) is 9.59 Å². The summed E-state index contributed by atoms with van der Waals surface area (Å²) in [5, 5.41) is 17.6. The second kappa shape index (κ2) is 13.2. The van der Waals surface area contributed by atoms with Gasteiger partial charge in [0.25, 0.3) is 0 Å². The molecule has 1 aromatic carbocycles. The Morgan fingerprint density at radius 1 is 1.22 bits per heavy atom. The van der Waals surface area contributed by atoms with E-state index in [1.165, 1.54) is 0 Å². The van der Waals surface area contributed by atoms with Gasteiger partial charge < -0.3 is 30.3 Å². The minimum atomic E-state index is -5.18. The van der Waals surface area contributed by atoms with E-state index in [4.69, 9.17) is 4.74 Å². The van der Waals surface area contributed by atoms with E-state index in [0.717, 1.165) is 5.56 Å². The van der Waals surface area contributed by atoms with E-state index >= 15 is 0 Å². The van der Waals surface area contributed by atoms with Gasteiger partial charge in [0.2, 0.25) is 11.8 Å². The Morgan fingerprint density at radius 3 is 2.41 bits per heavy atom. The molecule has 37 heavy (non-hydrogen) atoms. The number of carbonyl (C=O) groups excluding carboxylic acids is 3. The summed E-state index contributed by atoms with van der Waals surface area (Å²) < 4.78 is 40.1. The predicted octanol–water partition coefficient (Wildman–Crippen LogP) is 1.41. The molecule has 1 aliphatic rings. The summed E-state index contributed by atoms with van der Waals surface area (Å²) >= 11 is 0. The van der Waals surface area contributed by atoms with Crippen LogP contribution in [0.15, 0.2) is 30.3 Å². The quantitative estimate of drug-likeness (QED) is 0.272. The van der Waals surface area contributed by atoms with E-state index in [1.807, 2.05) is 44.2 Å². The number of hydrogen-bond donors (Lipinski definition) is 4. The number of aliphatic hydroxyl groups is 1. The van der Waals surface area contributed by atoms with Crippen LogP contribution in [-0.4, -0.2) is 65.7 Å². The Labute approximate surface area is 218 Å². The largest absolute Gasteiger partial charge is 0.746 e. The summed E-state index contributed by atoms with van der Waals surface area (Å²) in [7, 11) is -5.18. The van der Waals surface area contributed by atoms with Gasteiger partial charge in [0.05, 0.1) is 6.04 Å². The highest BCUT2D eigenvalue weighted by Crippen LogP contribution is 2.21. The topological polar surface area (TPSA) is 174 Å². The molecule has 1 fully saturated rings. The molecule has 4 atom stereocenters. The molecule has 0 aliphatic carbocycles. The highest BCUT2D eigenvalue weighted by atomic mass is 32.2. The number of aryl methyl sites for hydroxylation is 1. The summed E-state index contributed by atoms with van der Waals surface area (Å²) in [4.78, 5) is 37.8. The van der Waals surface area contributed by atoms with Gasteiger partial charge in [-0.05, 0) is 57.4 Å². The fourth-order valence-electron chi connectivity index (χ4n) is 4.17. The van der Waals surface area contributed by atoms with E-state index < -0.39 is 51.2 Å². The predicted molar refractivity (Wildman–Crippen MR) is 135 cm³/mol. The van der Waals surface area contributed by atoms with Crippen molar-refractivity contribution in [1.29, 1.82) is 0 Å². The molecule has 1 heterocycles. The molecule has 1 aliphatic heterocycles. The van der Waals surface area contributed by atoms with Crippen molar-refractivity contribution < 1.29 is 37.2 Å². The number of hydrogen-bond acceptors (Lipinski definition) is 8. The molecule has 1 aromatic rings. The van der Waals surface area contributed by atoms with E-state index in [9.17, 15) is 32.5 Å². The third kappa shape index (κ3) is 10.3. The van der Waals surface area contributed by atoms with Crippen LogP contribution in [0.2, 0.25) is 0 Å². The molecule has 4 N–H and O–H groups in total. The maximum absolute atomic E-state index is 13.1. The number of aliphatic hydroxyl groups excluding tert-OH is 1. The van der Waals surface area contributed by atoms with Crippen LogP contribution in [0.3, 0.4) is 0 Å². The Bertz CT molecular complexity index is 1030. The van der Waals surface area contributed by atoms with Crippen molar-refractivity contribution in [3.05, 3.63) is 35.9 Å². The average molecular weight is 541 g/mol. The van der Waals surface area contributed by atoms with Gasteiger partial charge in [0.15, 0.2) is 5.44 Å². The molecule has 3 amide bonds. The number of benzene rings is 1. The minimum Gasteiger partial charge on any atom is -0.746 e. The highest BCUT2D eigenvalue weighted by molar-refractivity contribution is 7.86. The highest BCUT2D eigenvalue weighted by Gasteiger charge is 2.36. The monoisotopic (exact) mass is 540 g/mol. The van der Waals surface area contributed by atoms with Gasteiger partial charge in [-0.25, -0.2) is 13.2 Å². The average Bonchev–Trinajstić information content (AvgIpc) is 3.20. The zero-order valence-electron chi connectivity index (χ0n) is 21.7. The first-order chi connectivity index (χ1) is 17.2. The van der Waals surface area contributed by atoms with E-state index in [2.05, 4.69) is 16.0 Å². The minimum absolute atomic E-state index is 0.0469. The number of nitrogens with one attached hydrogen (secondary N) is 3. The summed E-state index contributed by atoms with van der Waals surface area (Å²) in [5.74, 6) is -1.87. The van der Waals surface area contributed by atoms with Crippen LogP contribution >= 0.6 is 0 Å². The van der Waals surface area contributed by atoms with Crippen LogP contribution in [0.1, 0.15) is 58.9 Å². The Kier molecular flexibility index (Phi) is 10.9. The second-order valence-electron chi connectivity index (χ2n) is 10.5. The van der Waals surface area contributed by atoms with Crippen molar-refractivity contribution in [3.63, 3.8) is 0 Å². The van der Waals surface area contributed by atoms with Gasteiger partial charge in [0, 0.05) is 12.5 Å². The standard InChI is InChI=1S/C25H39N3O8S/c1-16(2)14-19(28-24(32)36-25(3,4)12-10-17-8-6-5-7-9-17)22(30)27-20(23(31)37(33,34)35)15-18-11-13-26-21(18)29/h5-9,16,18-20,23,31H,10-15H2,1-4H3,(H,26,29)(H,27,30)(H,28,32)(H,33,34,35)/p-1/t18-,19-,20-,23?/m0/s1. The lowest BCUT2D eigenvalue weighted by atomic mass is 9.97. The maximum Gasteiger partial charge on any atom is 0.408 e. The lowest BCUT2D eigenvalue weighted by Crippen LogP contribution is -2.55. The normalized spacial score (nSPS) is 18.6. The zero-order valence-corrected chi connectivity index (χ0v) is 22.5. The van der Waals surface area contributed by atoms with Gasteiger partial charge in [-0.1, -0.05) is 44.2 Å². The molecule has 0 saturated carbocycles. The van der Waals surface area contributed by atoms with Crippen LogP contribution in [0.4, 0.5) is 4.79 Å². The molecular formula is C25H38N3O8S-. The molecular weight excluding hydrogens is 502 g/mol. The van der Waals surface area contributed by atoms with Gasteiger partial charge >= 0.3 is 6.09 Å². The third-order valence-corrected chi connectivity index (χ3v) is 7.13. The first-order valence-electron chi connectivity index (χ1n) is 12.4. The van der Waals surface area contributed by atoms with Crippen molar-refractivity contribution in [2.45, 2.75) is 82.9 Å². The zero-order chi connectivity index (χ0) is 27.8. The molecule has 0 spiro atoms. The van der Waals surface area contributed by atoms with E-state index in [-0.39, 0.29) is 24.7 Å². The number of rotatable bonds is 13. The first-order valence-corrected chi connectivity index (χ1v) is 13.9. The lowest BCUT2D eigenvalue weighted by Gasteiger charge is -2.30. The fraction of sp³-hybridized carbons (Fsp3) is 0.640. The molecule has 12 heteroatoms. The lowest BCUT2D eigenvalue weighted by molar-refractivity contribution is -0.126. The number of ether oxygens (including phenoxy) is 1. The van der Waals surface area contributed by atoms with Crippen molar-refractivity contribution in [1.82, 2.24) is 16.0 Å². The Morgan fingerprint density at radius 2 is 1.86 bits per heavy atom.